The molecule has 112 valence electrons. The molecule has 1 aromatic carbocycles. The number of pyridine rings is 1. The van der Waals surface area contributed by atoms with Gasteiger partial charge >= 0.3 is 0 Å². The minimum Gasteiger partial charge on any atom is -0.497 e. The molecule has 0 amide bonds. The Bertz CT molecular complexity index is 511. The zero-order valence-electron chi connectivity index (χ0n) is 12.9. The Hall–Kier alpha value is -1.87. The number of methoxy groups -OCH3 is 1. The fourth-order valence-corrected chi connectivity index (χ4v) is 2.39. The highest BCUT2D eigenvalue weighted by atomic mass is 16.5. The molecule has 0 bridgehead atoms. The van der Waals surface area contributed by atoms with Gasteiger partial charge in [0.15, 0.2) is 0 Å². The van der Waals surface area contributed by atoms with Gasteiger partial charge in [-0.1, -0.05) is 25.1 Å². The Morgan fingerprint density at radius 2 is 2.00 bits per heavy atom. The number of nitrogens with one attached hydrogen (secondary N) is 1. The van der Waals surface area contributed by atoms with Gasteiger partial charge < -0.3 is 10.1 Å². The number of aryl methyl sites for hydroxylation is 1. The first kappa shape index (κ1) is 15.5. The lowest BCUT2D eigenvalue weighted by Crippen LogP contribution is -2.22. The molecule has 0 aliphatic rings. The molecule has 2 aromatic rings. The zero-order chi connectivity index (χ0) is 14.9. The van der Waals surface area contributed by atoms with E-state index >= 15 is 0 Å². The first-order chi connectivity index (χ1) is 10.3. The smallest absolute Gasteiger partial charge is 0.118 e. The van der Waals surface area contributed by atoms with Gasteiger partial charge in [0.1, 0.15) is 5.75 Å². The van der Waals surface area contributed by atoms with Crippen LogP contribution in [0, 0.1) is 0 Å². The molecule has 3 heteroatoms. The van der Waals surface area contributed by atoms with E-state index in [1.165, 1.54) is 11.1 Å². The number of ether oxygens (including phenoxy) is 1. The highest BCUT2D eigenvalue weighted by molar-refractivity contribution is 5.27. The normalized spacial score (nSPS) is 12.1. The van der Waals surface area contributed by atoms with E-state index in [2.05, 4.69) is 35.4 Å². The predicted molar refractivity (Wildman–Crippen MR) is 86.6 cm³/mol. The third kappa shape index (κ3) is 4.87. The molecule has 1 N–H and O–H groups in total. The van der Waals surface area contributed by atoms with E-state index in [1.807, 2.05) is 30.6 Å². The number of rotatable bonds is 8. The van der Waals surface area contributed by atoms with Gasteiger partial charge in [0.25, 0.3) is 0 Å². The van der Waals surface area contributed by atoms with Crippen molar-refractivity contribution in [2.45, 2.75) is 32.2 Å². The van der Waals surface area contributed by atoms with E-state index in [4.69, 9.17) is 4.74 Å². The van der Waals surface area contributed by atoms with Gasteiger partial charge in [0.2, 0.25) is 0 Å². The molecule has 1 unspecified atom stereocenters. The van der Waals surface area contributed by atoms with Crippen LogP contribution in [0.3, 0.4) is 0 Å². The average Bonchev–Trinajstić information content (AvgIpc) is 2.56. The molecular formula is C18H24N2O. The largest absolute Gasteiger partial charge is 0.497 e. The lowest BCUT2D eigenvalue weighted by atomic mass is 10.00. The van der Waals surface area contributed by atoms with Crippen LogP contribution in [0.5, 0.6) is 5.75 Å². The molecule has 0 saturated carbocycles. The van der Waals surface area contributed by atoms with Gasteiger partial charge in [0.05, 0.1) is 7.11 Å². The van der Waals surface area contributed by atoms with Crippen LogP contribution >= 0.6 is 0 Å². The maximum Gasteiger partial charge on any atom is 0.118 e. The molecule has 1 aromatic heterocycles. The highest BCUT2D eigenvalue weighted by Crippen LogP contribution is 2.20. The summed E-state index contributed by atoms with van der Waals surface area (Å²) in [5, 5.41) is 3.61. The number of benzene rings is 1. The maximum absolute atomic E-state index is 5.20. The second-order valence-corrected chi connectivity index (χ2v) is 5.18. The first-order valence-corrected chi connectivity index (χ1v) is 7.59. The lowest BCUT2D eigenvalue weighted by Gasteiger charge is -2.18. The van der Waals surface area contributed by atoms with E-state index < -0.39 is 0 Å². The van der Waals surface area contributed by atoms with Crippen LogP contribution in [0.15, 0.2) is 48.8 Å². The summed E-state index contributed by atoms with van der Waals surface area (Å²) in [6.45, 7) is 3.22. The quantitative estimate of drug-likeness (QED) is 0.801. The van der Waals surface area contributed by atoms with Crippen molar-refractivity contribution < 1.29 is 4.74 Å². The Morgan fingerprint density at radius 1 is 1.19 bits per heavy atom. The van der Waals surface area contributed by atoms with Crippen LogP contribution in [-0.2, 0) is 6.42 Å². The summed E-state index contributed by atoms with van der Waals surface area (Å²) in [7, 11) is 1.70. The molecule has 0 fully saturated rings. The summed E-state index contributed by atoms with van der Waals surface area (Å²) >= 11 is 0. The van der Waals surface area contributed by atoms with E-state index in [0.29, 0.717) is 6.04 Å². The van der Waals surface area contributed by atoms with E-state index in [1.54, 1.807) is 7.11 Å². The van der Waals surface area contributed by atoms with Crippen molar-refractivity contribution in [3.8, 4) is 5.75 Å². The molecule has 1 heterocycles. The zero-order valence-corrected chi connectivity index (χ0v) is 12.9. The van der Waals surface area contributed by atoms with E-state index in [-0.39, 0.29) is 0 Å². The first-order valence-electron chi connectivity index (χ1n) is 7.59. The molecule has 0 aliphatic carbocycles. The van der Waals surface area contributed by atoms with Crippen LogP contribution in [0.4, 0.5) is 0 Å². The van der Waals surface area contributed by atoms with Gasteiger partial charge in [0, 0.05) is 18.4 Å². The monoisotopic (exact) mass is 284 g/mol. The second-order valence-electron chi connectivity index (χ2n) is 5.18. The minimum absolute atomic E-state index is 0.362. The fourth-order valence-electron chi connectivity index (χ4n) is 2.39. The second kappa shape index (κ2) is 8.42. The molecular weight excluding hydrogens is 260 g/mol. The third-order valence-electron chi connectivity index (χ3n) is 3.61. The molecule has 0 spiro atoms. The lowest BCUT2D eigenvalue weighted by molar-refractivity contribution is 0.414. The summed E-state index contributed by atoms with van der Waals surface area (Å²) in [4.78, 5) is 4.23. The molecule has 2 rings (SSSR count). The van der Waals surface area contributed by atoms with Gasteiger partial charge in [-0.05, 0) is 55.1 Å². The fraction of sp³-hybridized carbons (Fsp3) is 0.389. The summed E-state index contributed by atoms with van der Waals surface area (Å²) in [6.07, 6.45) is 7.03. The summed E-state index contributed by atoms with van der Waals surface area (Å²) in [5.41, 5.74) is 2.60. The van der Waals surface area contributed by atoms with Gasteiger partial charge in [-0.2, -0.15) is 0 Å². The van der Waals surface area contributed by atoms with Crippen molar-refractivity contribution in [2.24, 2.45) is 0 Å². The summed E-state index contributed by atoms with van der Waals surface area (Å²) < 4.78 is 5.20. The SMILES string of the molecule is CCCNC(CCc1ccc(OC)cc1)c1cccnc1. The number of hydrogen-bond donors (Lipinski definition) is 1. The Morgan fingerprint density at radius 3 is 2.62 bits per heavy atom. The summed E-state index contributed by atoms with van der Waals surface area (Å²) in [5.74, 6) is 0.909. The van der Waals surface area contributed by atoms with Crippen molar-refractivity contribution in [1.29, 1.82) is 0 Å². The highest BCUT2D eigenvalue weighted by Gasteiger charge is 2.10. The van der Waals surface area contributed by atoms with Crippen molar-refractivity contribution in [1.82, 2.24) is 10.3 Å². The predicted octanol–water partition coefficient (Wildman–Crippen LogP) is 3.76. The molecule has 1 atom stereocenters. The molecule has 0 saturated heterocycles. The van der Waals surface area contributed by atoms with Gasteiger partial charge in [-0.25, -0.2) is 0 Å². The topological polar surface area (TPSA) is 34.1 Å². The molecule has 21 heavy (non-hydrogen) atoms. The standard InChI is InChI=1S/C18H24N2O/c1-3-12-20-18(16-5-4-13-19-14-16)11-8-15-6-9-17(21-2)10-7-15/h4-7,9-10,13-14,18,20H,3,8,11-12H2,1-2H3. The Kier molecular flexibility index (Phi) is 6.22. The third-order valence-corrected chi connectivity index (χ3v) is 3.61. The van der Waals surface area contributed by atoms with Crippen LogP contribution in [-0.4, -0.2) is 18.6 Å². The van der Waals surface area contributed by atoms with E-state index in [9.17, 15) is 0 Å². The maximum atomic E-state index is 5.20. The van der Waals surface area contributed by atoms with Crippen LogP contribution in [0.2, 0.25) is 0 Å². The Balaban J connectivity index is 1.97. The van der Waals surface area contributed by atoms with Gasteiger partial charge in [-0.15, -0.1) is 0 Å². The van der Waals surface area contributed by atoms with Crippen LogP contribution < -0.4 is 10.1 Å². The van der Waals surface area contributed by atoms with Crippen LogP contribution in [0.25, 0.3) is 0 Å². The summed E-state index contributed by atoms with van der Waals surface area (Å²) in [6, 6.07) is 12.8. The van der Waals surface area contributed by atoms with Crippen LogP contribution in [0.1, 0.15) is 36.9 Å². The minimum atomic E-state index is 0.362. The van der Waals surface area contributed by atoms with Crippen molar-refractivity contribution >= 4 is 0 Å². The molecule has 3 nitrogen and oxygen atoms in total. The number of hydrogen-bond acceptors (Lipinski definition) is 3. The number of aromatic nitrogens is 1. The van der Waals surface area contributed by atoms with Crippen molar-refractivity contribution in [2.75, 3.05) is 13.7 Å². The van der Waals surface area contributed by atoms with Gasteiger partial charge in [-0.3, -0.25) is 4.98 Å². The van der Waals surface area contributed by atoms with E-state index in [0.717, 1.165) is 31.6 Å². The van der Waals surface area contributed by atoms with Crippen molar-refractivity contribution in [3.63, 3.8) is 0 Å². The molecule has 0 aliphatic heterocycles. The Labute approximate surface area is 127 Å². The average molecular weight is 284 g/mol. The number of nitrogens with zero attached hydrogens (tertiary/aromatic N) is 1. The molecule has 0 radical (unpaired) electrons. The van der Waals surface area contributed by atoms with Crippen molar-refractivity contribution in [3.05, 3.63) is 59.9 Å².